The van der Waals surface area contributed by atoms with Gasteiger partial charge in [-0.25, -0.2) is 9.18 Å². The van der Waals surface area contributed by atoms with Crippen molar-refractivity contribution in [3.05, 3.63) is 70.2 Å². The molecule has 0 spiro atoms. The Morgan fingerprint density at radius 1 is 1.21 bits per heavy atom. The molecule has 2 aromatic heterocycles. The fourth-order valence-electron chi connectivity index (χ4n) is 2.60. The average Bonchev–Trinajstić information content (AvgIpc) is 3.15. The molecule has 0 aliphatic rings. The van der Waals surface area contributed by atoms with Crippen molar-refractivity contribution in [2.75, 3.05) is 0 Å². The summed E-state index contributed by atoms with van der Waals surface area (Å²) in [7, 11) is 1.70. The predicted molar refractivity (Wildman–Crippen MR) is 86.0 cm³/mol. The molecule has 0 atom stereocenters. The fraction of sp³-hybridized carbons (Fsp3) is 0.118. The lowest BCUT2D eigenvalue weighted by molar-refractivity contribution is 0.385. The molecule has 120 valence electrons. The summed E-state index contributed by atoms with van der Waals surface area (Å²) in [6.45, 7) is 0. The van der Waals surface area contributed by atoms with Crippen LogP contribution >= 0.6 is 0 Å². The highest BCUT2D eigenvalue weighted by Crippen LogP contribution is 2.21. The zero-order valence-electron chi connectivity index (χ0n) is 12.8. The second-order valence-electron chi connectivity index (χ2n) is 5.54. The van der Waals surface area contributed by atoms with E-state index in [1.165, 1.54) is 16.7 Å². The molecule has 0 saturated carbocycles. The smallest absolute Gasteiger partial charge is 0.326 e. The largest absolute Gasteiger partial charge is 0.339 e. The van der Waals surface area contributed by atoms with Crippen LogP contribution in [0.1, 0.15) is 11.5 Å². The van der Waals surface area contributed by atoms with Crippen molar-refractivity contribution in [1.29, 1.82) is 0 Å². The standard InChI is InChI=1S/C17H13FN4O2/c1-22-14-7-4-11(9-13(14)19-17(22)23)16-20-15(24-21-16)8-10-2-5-12(18)6-3-10/h2-7,9H,8H2,1H3,(H,19,23). The van der Waals surface area contributed by atoms with Gasteiger partial charge in [0, 0.05) is 12.6 Å². The molecule has 24 heavy (non-hydrogen) atoms. The van der Waals surface area contributed by atoms with E-state index in [-0.39, 0.29) is 11.5 Å². The number of nitrogens with zero attached hydrogens (tertiary/aromatic N) is 3. The number of nitrogens with one attached hydrogen (secondary N) is 1. The van der Waals surface area contributed by atoms with Gasteiger partial charge in [-0.1, -0.05) is 17.3 Å². The summed E-state index contributed by atoms with van der Waals surface area (Å²) in [6.07, 6.45) is 0.428. The van der Waals surface area contributed by atoms with Crippen LogP contribution < -0.4 is 5.69 Å². The number of halogens is 1. The van der Waals surface area contributed by atoms with Crippen LogP contribution in [0.25, 0.3) is 22.4 Å². The Balaban J connectivity index is 1.64. The van der Waals surface area contributed by atoms with Crippen LogP contribution in [0.3, 0.4) is 0 Å². The van der Waals surface area contributed by atoms with Crippen molar-refractivity contribution in [3.63, 3.8) is 0 Å². The molecule has 0 fully saturated rings. The van der Waals surface area contributed by atoms with Crippen LogP contribution in [0.5, 0.6) is 0 Å². The summed E-state index contributed by atoms with van der Waals surface area (Å²) in [5.74, 6) is 0.604. The summed E-state index contributed by atoms with van der Waals surface area (Å²) in [6, 6.07) is 11.6. The first kappa shape index (κ1) is 14.4. The van der Waals surface area contributed by atoms with Gasteiger partial charge in [0.15, 0.2) is 0 Å². The summed E-state index contributed by atoms with van der Waals surface area (Å²) in [4.78, 5) is 18.8. The normalized spacial score (nSPS) is 11.2. The minimum absolute atomic E-state index is 0.174. The van der Waals surface area contributed by atoms with E-state index in [1.807, 2.05) is 18.2 Å². The Kier molecular flexibility index (Phi) is 3.26. The van der Waals surface area contributed by atoms with Crippen LogP contribution in [-0.4, -0.2) is 19.7 Å². The predicted octanol–water partition coefficient (Wildman–Crippen LogP) is 2.65. The van der Waals surface area contributed by atoms with Gasteiger partial charge < -0.3 is 9.51 Å². The molecular formula is C17H13FN4O2. The molecule has 0 radical (unpaired) electrons. The monoisotopic (exact) mass is 324 g/mol. The summed E-state index contributed by atoms with van der Waals surface area (Å²) >= 11 is 0. The molecule has 0 amide bonds. The zero-order chi connectivity index (χ0) is 16.7. The average molecular weight is 324 g/mol. The quantitative estimate of drug-likeness (QED) is 0.628. The fourth-order valence-corrected chi connectivity index (χ4v) is 2.60. The van der Waals surface area contributed by atoms with Crippen molar-refractivity contribution in [1.82, 2.24) is 19.7 Å². The first-order chi connectivity index (χ1) is 11.6. The second kappa shape index (κ2) is 5.45. The number of rotatable bonds is 3. The molecule has 0 unspecified atom stereocenters. The Bertz CT molecular complexity index is 1080. The van der Waals surface area contributed by atoms with E-state index in [1.54, 1.807) is 19.2 Å². The van der Waals surface area contributed by atoms with Gasteiger partial charge in [0.2, 0.25) is 11.7 Å². The Morgan fingerprint density at radius 2 is 2.00 bits per heavy atom. The van der Waals surface area contributed by atoms with Crippen molar-refractivity contribution in [2.24, 2.45) is 7.05 Å². The maximum absolute atomic E-state index is 12.9. The summed E-state index contributed by atoms with van der Waals surface area (Å²) < 4.78 is 19.7. The van der Waals surface area contributed by atoms with Gasteiger partial charge in [0.25, 0.3) is 0 Å². The van der Waals surface area contributed by atoms with E-state index in [9.17, 15) is 9.18 Å². The van der Waals surface area contributed by atoms with Gasteiger partial charge in [0.05, 0.1) is 17.5 Å². The Hall–Kier alpha value is -3.22. The topological polar surface area (TPSA) is 76.7 Å². The number of hydrogen-bond donors (Lipinski definition) is 1. The molecule has 4 aromatic rings. The highest BCUT2D eigenvalue weighted by molar-refractivity contribution is 5.80. The van der Waals surface area contributed by atoms with Gasteiger partial charge in [-0.15, -0.1) is 0 Å². The third kappa shape index (κ3) is 2.50. The minimum atomic E-state index is -0.282. The van der Waals surface area contributed by atoms with E-state index >= 15 is 0 Å². The SMILES string of the molecule is Cn1c(=O)[nH]c2cc(-c3noc(Cc4ccc(F)cc4)n3)ccc21. The van der Waals surface area contributed by atoms with E-state index in [0.717, 1.165) is 16.6 Å². The highest BCUT2D eigenvalue weighted by Gasteiger charge is 2.11. The number of aromatic amines is 1. The van der Waals surface area contributed by atoms with E-state index in [0.29, 0.717) is 23.7 Å². The molecular weight excluding hydrogens is 311 g/mol. The number of H-pyrrole nitrogens is 1. The van der Waals surface area contributed by atoms with Crippen LogP contribution in [0.4, 0.5) is 4.39 Å². The number of aromatic nitrogens is 4. The third-order valence-corrected chi connectivity index (χ3v) is 3.90. The molecule has 4 rings (SSSR count). The van der Waals surface area contributed by atoms with E-state index in [2.05, 4.69) is 15.1 Å². The highest BCUT2D eigenvalue weighted by atomic mass is 19.1. The van der Waals surface area contributed by atoms with Crippen LogP contribution in [0, 0.1) is 5.82 Å². The maximum Gasteiger partial charge on any atom is 0.326 e. The van der Waals surface area contributed by atoms with Gasteiger partial charge in [-0.2, -0.15) is 4.98 Å². The Morgan fingerprint density at radius 3 is 2.79 bits per heavy atom. The van der Waals surface area contributed by atoms with Crippen molar-refractivity contribution in [2.45, 2.75) is 6.42 Å². The summed E-state index contributed by atoms with van der Waals surface area (Å²) in [5, 5.41) is 3.98. The number of fused-ring (bicyclic) bond motifs is 1. The lowest BCUT2D eigenvalue weighted by atomic mass is 10.1. The molecule has 6 nitrogen and oxygen atoms in total. The lowest BCUT2D eigenvalue weighted by Crippen LogP contribution is -2.11. The third-order valence-electron chi connectivity index (χ3n) is 3.90. The van der Waals surface area contributed by atoms with Gasteiger partial charge in [-0.05, 0) is 35.9 Å². The molecule has 0 bridgehead atoms. The van der Waals surface area contributed by atoms with Gasteiger partial charge >= 0.3 is 5.69 Å². The van der Waals surface area contributed by atoms with Crippen LogP contribution in [-0.2, 0) is 13.5 Å². The first-order valence-corrected chi connectivity index (χ1v) is 7.36. The minimum Gasteiger partial charge on any atom is -0.339 e. The molecule has 0 saturated heterocycles. The second-order valence-corrected chi connectivity index (χ2v) is 5.54. The first-order valence-electron chi connectivity index (χ1n) is 7.36. The number of imidazole rings is 1. The lowest BCUT2D eigenvalue weighted by Gasteiger charge is -1.97. The van der Waals surface area contributed by atoms with E-state index in [4.69, 9.17) is 4.52 Å². The molecule has 0 aliphatic heterocycles. The number of benzene rings is 2. The number of aryl methyl sites for hydroxylation is 1. The molecule has 0 aliphatic carbocycles. The molecule has 7 heteroatoms. The van der Waals surface area contributed by atoms with Gasteiger partial charge in [-0.3, -0.25) is 4.57 Å². The molecule has 1 N–H and O–H groups in total. The number of hydrogen-bond acceptors (Lipinski definition) is 4. The van der Waals surface area contributed by atoms with Gasteiger partial charge in [0.1, 0.15) is 5.82 Å². The van der Waals surface area contributed by atoms with Crippen molar-refractivity contribution < 1.29 is 8.91 Å². The molecule has 2 heterocycles. The van der Waals surface area contributed by atoms with Crippen LogP contribution in [0.15, 0.2) is 51.8 Å². The van der Waals surface area contributed by atoms with Crippen molar-refractivity contribution >= 4 is 11.0 Å². The zero-order valence-corrected chi connectivity index (χ0v) is 12.8. The maximum atomic E-state index is 12.9. The van der Waals surface area contributed by atoms with E-state index < -0.39 is 0 Å². The summed E-state index contributed by atoms with van der Waals surface area (Å²) in [5.41, 5.74) is 2.98. The molecule has 2 aromatic carbocycles. The van der Waals surface area contributed by atoms with Crippen molar-refractivity contribution in [3.8, 4) is 11.4 Å². The Labute approximate surface area is 135 Å². The van der Waals surface area contributed by atoms with Crippen LogP contribution in [0.2, 0.25) is 0 Å².